The van der Waals surface area contributed by atoms with Crippen LogP contribution in [-0.4, -0.2) is 41.9 Å². The average Bonchev–Trinajstić information content (AvgIpc) is 3.56. The number of rotatable bonds is 9. The molecule has 5 rings (SSSR count). The molecule has 0 spiro atoms. The van der Waals surface area contributed by atoms with Gasteiger partial charge in [0.15, 0.2) is 5.58 Å². The van der Waals surface area contributed by atoms with Crippen LogP contribution in [0.3, 0.4) is 0 Å². The van der Waals surface area contributed by atoms with E-state index >= 15 is 0 Å². The molecule has 0 bridgehead atoms. The van der Waals surface area contributed by atoms with E-state index in [1.807, 2.05) is 19.3 Å². The van der Waals surface area contributed by atoms with Crippen LogP contribution in [0.15, 0.2) is 35.2 Å². The van der Waals surface area contributed by atoms with Crippen molar-refractivity contribution in [3.8, 4) is 5.75 Å². The molecule has 0 amide bonds. The lowest BCUT2D eigenvalue weighted by Crippen LogP contribution is -2.34. The number of benzene rings is 1. The van der Waals surface area contributed by atoms with Crippen molar-refractivity contribution in [3.63, 3.8) is 0 Å². The molecule has 31 heavy (non-hydrogen) atoms. The Kier molecular flexibility index (Phi) is 6.02. The lowest BCUT2D eigenvalue weighted by atomic mass is 9.91. The Morgan fingerprint density at radius 2 is 2.00 bits per heavy atom. The van der Waals surface area contributed by atoms with Crippen LogP contribution in [0.1, 0.15) is 43.4 Å². The summed E-state index contributed by atoms with van der Waals surface area (Å²) in [4.78, 5) is 10.8. The first-order chi connectivity index (χ1) is 15.3. The zero-order valence-corrected chi connectivity index (χ0v) is 18.2. The molecule has 2 aliphatic rings. The summed E-state index contributed by atoms with van der Waals surface area (Å²) in [6.45, 7) is 3.62. The van der Waals surface area contributed by atoms with Crippen molar-refractivity contribution in [2.75, 3.05) is 31.6 Å². The van der Waals surface area contributed by atoms with Gasteiger partial charge in [0.2, 0.25) is 0 Å². The van der Waals surface area contributed by atoms with E-state index in [0.717, 1.165) is 72.2 Å². The lowest BCUT2D eigenvalue weighted by molar-refractivity contribution is 0.296. The molecule has 164 valence electrons. The molecule has 1 saturated heterocycles. The summed E-state index contributed by atoms with van der Waals surface area (Å²) in [6, 6.07) is 6.21. The first-order valence-corrected chi connectivity index (χ1v) is 11.5. The van der Waals surface area contributed by atoms with Crippen molar-refractivity contribution in [2.45, 2.75) is 45.1 Å². The molecule has 1 aliphatic heterocycles. The third-order valence-corrected chi connectivity index (χ3v) is 6.59. The molecule has 1 aromatic carbocycles. The van der Waals surface area contributed by atoms with Crippen molar-refractivity contribution in [1.29, 1.82) is 0 Å². The van der Waals surface area contributed by atoms with Gasteiger partial charge in [-0.05, 0) is 75.6 Å². The summed E-state index contributed by atoms with van der Waals surface area (Å²) in [7, 11) is 1.95. The van der Waals surface area contributed by atoms with Gasteiger partial charge in [0.05, 0.1) is 17.9 Å². The number of nitrogens with zero attached hydrogens (tertiary/aromatic N) is 4. The highest BCUT2D eigenvalue weighted by Gasteiger charge is 2.24. The number of piperidine rings is 1. The van der Waals surface area contributed by atoms with Gasteiger partial charge < -0.3 is 19.5 Å². The molecule has 0 atom stereocenters. The van der Waals surface area contributed by atoms with Crippen LogP contribution >= 0.6 is 0 Å². The van der Waals surface area contributed by atoms with Gasteiger partial charge in [0.1, 0.15) is 17.9 Å². The minimum absolute atomic E-state index is 0.711. The van der Waals surface area contributed by atoms with E-state index in [4.69, 9.17) is 9.26 Å². The number of aryl methyl sites for hydroxylation is 1. The van der Waals surface area contributed by atoms with E-state index in [-0.39, 0.29) is 0 Å². The third kappa shape index (κ3) is 4.66. The number of fused-ring (bicyclic) bond motifs is 1. The number of nitrogens with one attached hydrogen (secondary N) is 1. The molecule has 1 saturated carbocycles. The zero-order valence-electron chi connectivity index (χ0n) is 18.2. The number of anilines is 1. The minimum atomic E-state index is 0.711. The molecule has 1 aliphatic carbocycles. The van der Waals surface area contributed by atoms with Crippen LogP contribution in [0.25, 0.3) is 11.0 Å². The van der Waals surface area contributed by atoms with Gasteiger partial charge in [0, 0.05) is 31.2 Å². The van der Waals surface area contributed by atoms with Crippen molar-refractivity contribution in [1.82, 2.24) is 20.4 Å². The largest absolute Gasteiger partial charge is 0.493 e. The quantitative estimate of drug-likeness (QED) is 0.560. The van der Waals surface area contributed by atoms with Gasteiger partial charge in [-0.25, -0.2) is 9.97 Å². The fourth-order valence-corrected chi connectivity index (χ4v) is 4.51. The number of aromatic nitrogens is 3. The Morgan fingerprint density at radius 3 is 2.74 bits per heavy atom. The molecule has 7 heteroatoms. The van der Waals surface area contributed by atoms with Crippen LogP contribution in [-0.2, 0) is 13.0 Å². The summed E-state index contributed by atoms with van der Waals surface area (Å²) >= 11 is 0. The lowest BCUT2D eigenvalue weighted by Gasteiger charge is -2.32. The van der Waals surface area contributed by atoms with E-state index in [9.17, 15) is 0 Å². The van der Waals surface area contributed by atoms with Crippen LogP contribution < -0.4 is 15.0 Å². The van der Waals surface area contributed by atoms with E-state index in [1.54, 1.807) is 6.33 Å². The molecule has 2 fully saturated rings. The van der Waals surface area contributed by atoms with Crippen LogP contribution in [0.2, 0.25) is 0 Å². The Labute approximate surface area is 183 Å². The molecule has 1 N–H and O–H groups in total. The predicted octanol–water partition coefficient (Wildman–Crippen LogP) is 3.98. The standard InChI is InChI=1S/C24H31N5O2/c1-25-14-20-22(30-15-18-2-3-18)7-5-19-21(28-31-24(19)20)6-4-17-9-12-29(13-10-17)23-8-11-26-16-27-23/h5,7-8,11,16-18,25H,2-4,6,9-10,12-15H2,1H3. The van der Waals surface area contributed by atoms with E-state index in [2.05, 4.69) is 37.5 Å². The number of hydrogen-bond donors (Lipinski definition) is 1. The molecule has 3 aromatic rings. The normalized spacial score (nSPS) is 17.4. The Bertz CT molecular complexity index is 994. The maximum absolute atomic E-state index is 6.09. The van der Waals surface area contributed by atoms with Gasteiger partial charge in [-0.1, -0.05) is 5.16 Å². The van der Waals surface area contributed by atoms with Crippen molar-refractivity contribution in [2.24, 2.45) is 11.8 Å². The first kappa shape index (κ1) is 20.2. The summed E-state index contributed by atoms with van der Waals surface area (Å²) in [5.41, 5.74) is 3.02. The maximum Gasteiger partial charge on any atom is 0.175 e. The van der Waals surface area contributed by atoms with E-state index in [1.165, 1.54) is 25.7 Å². The van der Waals surface area contributed by atoms with Crippen molar-refractivity contribution < 1.29 is 9.26 Å². The minimum Gasteiger partial charge on any atom is -0.493 e. The molecule has 2 aromatic heterocycles. The SMILES string of the molecule is CNCc1c(OCC2CC2)ccc2c(CCC3CCN(c4ccncn4)CC3)noc12. The van der Waals surface area contributed by atoms with Gasteiger partial charge in [-0.15, -0.1) is 0 Å². The predicted molar refractivity (Wildman–Crippen MR) is 120 cm³/mol. The van der Waals surface area contributed by atoms with Crippen molar-refractivity contribution in [3.05, 3.63) is 42.0 Å². The van der Waals surface area contributed by atoms with Gasteiger partial charge in [-0.3, -0.25) is 0 Å². The summed E-state index contributed by atoms with van der Waals surface area (Å²) in [5, 5.41) is 8.82. The van der Waals surface area contributed by atoms with Crippen molar-refractivity contribution >= 4 is 16.8 Å². The average molecular weight is 422 g/mol. The molecular weight excluding hydrogens is 390 g/mol. The Morgan fingerprint density at radius 1 is 1.13 bits per heavy atom. The summed E-state index contributed by atoms with van der Waals surface area (Å²) in [5.74, 6) is 3.40. The fourth-order valence-electron chi connectivity index (χ4n) is 4.51. The smallest absolute Gasteiger partial charge is 0.175 e. The topological polar surface area (TPSA) is 76.3 Å². The van der Waals surface area contributed by atoms with Gasteiger partial charge in [0.25, 0.3) is 0 Å². The highest BCUT2D eigenvalue weighted by Crippen LogP contribution is 2.34. The monoisotopic (exact) mass is 421 g/mol. The highest BCUT2D eigenvalue weighted by atomic mass is 16.5. The van der Waals surface area contributed by atoms with Gasteiger partial charge >= 0.3 is 0 Å². The van der Waals surface area contributed by atoms with E-state index in [0.29, 0.717) is 12.5 Å². The molecular formula is C24H31N5O2. The van der Waals surface area contributed by atoms with Crippen LogP contribution in [0, 0.1) is 11.8 Å². The first-order valence-electron chi connectivity index (χ1n) is 11.5. The van der Waals surface area contributed by atoms with E-state index < -0.39 is 0 Å². The Hall–Kier alpha value is -2.67. The maximum atomic E-state index is 6.09. The van der Waals surface area contributed by atoms with Crippen LogP contribution in [0.4, 0.5) is 5.82 Å². The van der Waals surface area contributed by atoms with Gasteiger partial charge in [-0.2, -0.15) is 0 Å². The molecule has 3 heterocycles. The number of hydrogen-bond acceptors (Lipinski definition) is 7. The molecule has 0 unspecified atom stereocenters. The second-order valence-corrected chi connectivity index (χ2v) is 8.87. The second-order valence-electron chi connectivity index (χ2n) is 8.87. The molecule has 0 radical (unpaired) electrons. The summed E-state index contributed by atoms with van der Waals surface area (Å²) in [6.07, 6.45) is 10.5. The fraction of sp³-hybridized carbons (Fsp3) is 0.542. The number of ether oxygens (including phenoxy) is 1. The second kappa shape index (κ2) is 9.22. The Balaban J connectivity index is 1.22. The van der Waals surface area contributed by atoms with Crippen LogP contribution in [0.5, 0.6) is 5.75 Å². The molecule has 7 nitrogen and oxygen atoms in total. The third-order valence-electron chi connectivity index (χ3n) is 6.59. The summed E-state index contributed by atoms with van der Waals surface area (Å²) < 4.78 is 11.9. The zero-order chi connectivity index (χ0) is 21.0. The highest BCUT2D eigenvalue weighted by molar-refractivity contribution is 5.84.